The Balaban J connectivity index is 1.41. The normalized spacial score (nSPS) is 18.9. The summed E-state index contributed by atoms with van der Waals surface area (Å²) in [7, 11) is 1.40. The number of piperidine rings is 1. The quantitative estimate of drug-likeness (QED) is 0.779. The summed E-state index contributed by atoms with van der Waals surface area (Å²) >= 11 is 1.45. The summed E-state index contributed by atoms with van der Waals surface area (Å²) in [6.45, 7) is 1.12. The molecule has 2 aromatic rings. The van der Waals surface area contributed by atoms with Crippen molar-refractivity contribution in [2.45, 2.75) is 31.6 Å². The number of hydrogen-bond donors (Lipinski definition) is 1. The zero-order chi connectivity index (χ0) is 20.4. The number of nitrogens with zero attached hydrogens (tertiary/aromatic N) is 2. The monoisotopic (exact) mass is 413 g/mol. The van der Waals surface area contributed by atoms with E-state index in [4.69, 9.17) is 4.74 Å². The summed E-state index contributed by atoms with van der Waals surface area (Å²) in [6.07, 6.45) is 2.81. The van der Waals surface area contributed by atoms with Gasteiger partial charge < -0.3 is 9.64 Å². The van der Waals surface area contributed by atoms with Gasteiger partial charge in [0.15, 0.2) is 5.13 Å². The van der Waals surface area contributed by atoms with Crippen LogP contribution in [-0.2, 0) is 20.7 Å². The Morgan fingerprint density at radius 3 is 2.55 bits per heavy atom. The summed E-state index contributed by atoms with van der Waals surface area (Å²) in [6, 6.07) is 8.99. The van der Waals surface area contributed by atoms with Crippen LogP contribution in [0.15, 0.2) is 30.3 Å². The van der Waals surface area contributed by atoms with Crippen LogP contribution in [0, 0.1) is 5.92 Å². The van der Waals surface area contributed by atoms with E-state index >= 15 is 0 Å². The van der Waals surface area contributed by atoms with Crippen LogP contribution in [0.5, 0.6) is 0 Å². The van der Waals surface area contributed by atoms with Crippen LogP contribution in [0.4, 0.5) is 5.13 Å². The van der Waals surface area contributed by atoms with Gasteiger partial charge in [0.2, 0.25) is 5.91 Å². The molecule has 2 aliphatic rings. The minimum absolute atomic E-state index is 0.0679. The fourth-order valence-corrected chi connectivity index (χ4v) is 5.04. The van der Waals surface area contributed by atoms with Gasteiger partial charge in [0.05, 0.1) is 24.6 Å². The lowest BCUT2D eigenvalue weighted by Crippen LogP contribution is -2.42. The molecule has 0 saturated carbocycles. The van der Waals surface area contributed by atoms with E-state index in [0.717, 1.165) is 23.4 Å². The number of hydrogen-bond acceptors (Lipinski definition) is 6. The van der Waals surface area contributed by atoms with Gasteiger partial charge in [0.25, 0.3) is 5.91 Å². The third-order valence-electron chi connectivity index (χ3n) is 5.61. The minimum Gasteiger partial charge on any atom is -0.469 e. The Kier molecular flexibility index (Phi) is 5.62. The summed E-state index contributed by atoms with van der Waals surface area (Å²) in [5.74, 6) is -0.719. The molecule has 1 aliphatic heterocycles. The molecule has 4 rings (SSSR count). The van der Waals surface area contributed by atoms with Crippen molar-refractivity contribution in [3.63, 3.8) is 0 Å². The van der Waals surface area contributed by atoms with Crippen molar-refractivity contribution in [2.24, 2.45) is 5.92 Å². The first-order valence-electron chi connectivity index (χ1n) is 9.79. The summed E-state index contributed by atoms with van der Waals surface area (Å²) in [5.41, 5.74) is 1.36. The first kappa shape index (κ1) is 19.6. The predicted octanol–water partition coefficient (Wildman–Crippen LogP) is 2.84. The predicted molar refractivity (Wildman–Crippen MR) is 109 cm³/mol. The number of thiazole rings is 1. The number of nitrogens with one attached hydrogen (secondary N) is 1. The van der Waals surface area contributed by atoms with Crippen LogP contribution in [0.25, 0.3) is 0 Å². The topological polar surface area (TPSA) is 88.6 Å². The second-order valence-electron chi connectivity index (χ2n) is 7.36. The number of amides is 2. The number of carbonyl (C=O) groups is 3. The molecule has 29 heavy (non-hydrogen) atoms. The van der Waals surface area contributed by atoms with E-state index in [1.807, 2.05) is 23.1 Å². The third-order valence-corrected chi connectivity index (χ3v) is 6.66. The van der Waals surface area contributed by atoms with E-state index in [0.29, 0.717) is 36.6 Å². The van der Waals surface area contributed by atoms with Gasteiger partial charge in [-0.25, -0.2) is 4.98 Å². The van der Waals surface area contributed by atoms with Gasteiger partial charge in [-0.15, -0.1) is 11.3 Å². The molecule has 1 atom stereocenters. The number of esters is 1. The molecule has 2 amide bonds. The summed E-state index contributed by atoms with van der Waals surface area (Å²) in [4.78, 5) is 44.6. The number of ether oxygens (including phenoxy) is 1. The van der Waals surface area contributed by atoms with Gasteiger partial charge >= 0.3 is 5.97 Å². The second-order valence-corrected chi connectivity index (χ2v) is 8.45. The van der Waals surface area contributed by atoms with Crippen molar-refractivity contribution in [2.75, 3.05) is 25.5 Å². The van der Waals surface area contributed by atoms with Crippen LogP contribution >= 0.6 is 11.3 Å². The molecule has 1 N–H and O–H groups in total. The molecule has 1 fully saturated rings. The Bertz CT molecular complexity index is 919. The Labute approximate surface area is 173 Å². The number of anilines is 1. The lowest BCUT2D eigenvalue weighted by molar-refractivity contribution is -0.149. The van der Waals surface area contributed by atoms with Crippen molar-refractivity contribution in [3.05, 3.63) is 46.5 Å². The minimum atomic E-state index is -0.265. The molecule has 1 saturated heterocycles. The summed E-state index contributed by atoms with van der Waals surface area (Å²) < 4.78 is 4.81. The molecular formula is C21H23N3O4S. The second kappa shape index (κ2) is 8.32. The van der Waals surface area contributed by atoms with Crippen LogP contribution in [0.2, 0.25) is 0 Å². The van der Waals surface area contributed by atoms with E-state index < -0.39 is 0 Å². The smallest absolute Gasteiger partial charge is 0.308 e. The molecule has 8 heteroatoms. The molecule has 1 aromatic heterocycles. The lowest BCUT2D eigenvalue weighted by Gasteiger charge is -2.32. The van der Waals surface area contributed by atoms with Crippen LogP contribution in [-0.4, -0.2) is 47.9 Å². The maximum absolute atomic E-state index is 13.0. The maximum atomic E-state index is 13.0. The summed E-state index contributed by atoms with van der Waals surface area (Å²) in [5, 5.41) is 3.38. The van der Waals surface area contributed by atoms with Gasteiger partial charge in [-0.2, -0.15) is 0 Å². The van der Waals surface area contributed by atoms with Gasteiger partial charge in [0.1, 0.15) is 0 Å². The highest BCUT2D eigenvalue weighted by molar-refractivity contribution is 7.16. The number of fused-ring (bicyclic) bond motifs is 1. The standard InChI is InChI=1S/C21H23N3O4S/c1-28-20(27)14-9-11-24(12-10-14)19(26)15-7-8-16-17(15)22-21(29-16)23-18(25)13-5-3-2-4-6-13/h2-6,14-15H,7-12H2,1H3,(H,22,23,25). The van der Waals surface area contributed by atoms with E-state index in [9.17, 15) is 14.4 Å². The maximum Gasteiger partial charge on any atom is 0.308 e. The molecule has 1 aromatic carbocycles. The third kappa shape index (κ3) is 4.03. The van der Waals surface area contributed by atoms with Gasteiger partial charge in [0, 0.05) is 23.5 Å². The fraction of sp³-hybridized carbons (Fsp3) is 0.429. The number of benzene rings is 1. The van der Waals surface area contributed by atoms with Crippen molar-refractivity contribution in [1.29, 1.82) is 0 Å². The van der Waals surface area contributed by atoms with E-state index in [2.05, 4.69) is 10.3 Å². The SMILES string of the molecule is COC(=O)C1CCN(C(=O)C2CCc3sc(NC(=O)c4ccccc4)nc32)CC1. The van der Waals surface area contributed by atoms with E-state index in [1.54, 1.807) is 12.1 Å². The molecule has 7 nitrogen and oxygen atoms in total. The Morgan fingerprint density at radius 2 is 1.86 bits per heavy atom. The lowest BCUT2D eigenvalue weighted by atomic mass is 9.95. The number of likely N-dealkylation sites (tertiary alicyclic amines) is 1. The fourth-order valence-electron chi connectivity index (χ4n) is 4.00. The highest BCUT2D eigenvalue weighted by atomic mass is 32.1. The van der Waals surface area contributed by atoms with Crippen molar-refractivity contribution < 1.29 is 19.1 Å². The molecule has 0 bridgehead atoms. The Hall–Kier alpha value is -2.74. The van der Waals surface area contributed by atoms with Crippen molar-refractivity contribution >= 4 is 34.3 Å². The Morgan fingerprint density at radius 1 is 1.14 bits per heavy atom. The highest BCUT2D eigenvalue weighted by Crippen LogP contribution is 2.40. The number of methoxy groups -OCH3 is 1. The molecule has 152 valence electrons. The zero-order valence-corrected chi connectivity index (χ0v) is 17.0. The van der Waals surface area contributed by atoms with Crippen molar-refractivity contribution in [1.82, 2.24) is 9.88 Å². The molecule has 1 unspecified atom stereocenters. The first-order valence-corrected chi connectivity index (χ1v) is 10.6. The van der Waals surface area contributed by atoms with Crippen LogP contribution in [0.3, 0.4) is 0 Å². The number of aromatic nitrogens is 1. The number of aryl methyl sites for hydroxylation is 1. The van der Waals surface area contributed by atoms with Crippen LogP contribution in [0.1, 0.15) is 46.1 Å². The van der Waals surface area contributed by atoms with Crippen LogP contribution < -0.4 is 5.32 Å². The zero-order valence-electron chi connectivity index (χ0n) is 16.2. The van der Waals surface area contributed by atoms with E-state index in [1.165, 1.54) is 18.4 Å². The average Bonchev–Trinajstić information content (AvgIpc) is 3.33. The molecular weight excluding hydrogens is 390 g/mol. The average molecular weight is 413 g/mol. The molecule has 1 aliphatic carbocycles. The van der Waals surface area contributed by atoms with Gasteiger partial charge in [-0.05, 0) is 37.8 Å². The molecule has 0 radical (unpaired) electrons. The largest absolute Gasteiger partial charge is 0.469 e. The number of carbonyl (C=O) groups excluding carboxylic acids is 3. The molecule has 2 heterocycles. The van der Waals surface area contributed by atoms with Crippen molar-refractivity contribution in [3.8, 4) is 0 Å². The first-order chi connectivity index (χ1) is 14.1. The number of rotatable bonds is 4. The van der Waals surface area contributed by atoms with Gasteiger partial charge in [-0.3, -0.25) is 19.7 Å². The van der Waals surface area contributed by atoms with E-state index in [-0.39, 0.29) is 29.6 Å². The highest BCUT2D eigenvalue weighted by Gasteiger charge is 2.37. The molecule has 0 spiro atoms. The van der Waals surface area contributed by atoms with Gasteiger partial charge in [-0.1, -0.05) is 18.2 Å².